The summed E-state index contributed by atoms with van der Waals surface area (Å²) in [4.78, 5) is 15.6. The molecule has 0 radical (unpaired) electrons. The molecule has 5 heteroatoms. The van der Waals surface area contributed by atoms with E-state index in [1.807, 2.05) is 53.1 Å². The molecule has 0 bridgehead atoms. The first-order valence-corrected chi connectivity index (χ1v) is 7.99. The first kappa shape index (κ1) is 16.1. The SMILES string of the molecule is COc1ccc(OCCCCn2c(C=O)nc3ccccc32)cc1. The monoisotopic (exact) mass is 324 g/mol. The summed E-state index contributed by atoms with van der Waals surface area (Å²) in [6.45, 7) is 1.38. The lowest BCUT2D eigenvalue weighted by Crippen LogP contribution is -2.05. The normalized spacial score (nSPS) is 10.7. The molecule has 1 heterocycles. The number of ether oxygens (including phenoxy) is 2. The first-order chi connectivity index (χ1) is 11.8. The van der Waals surface area contributed by atoms with Crippen LogP contribution in [0.15, 0.2) is 48.5 Å². The third-order valence-corrected chi connectivity index (χ3v) is 3.89. The molecule has 3 rings (SSSR count). The Kier molecular flexibility index (Phi) is 5.11. The third-order valence-electron chi connectivity index (χ3n) is 3.89. The van der Waals surface area contributed by atoms with Crippen LogP contribution in [-0.4, -0.2) is 29.6 Å². The predicted molar refractivity (Wildman–Crippen MR) is 92.8 cm³/mol. The Hall–Kier alpha value is -2.82. The van der Waals surface area contributed by atoms with Crippen LogP contribution in [0, 0.1) is 0 Å². The number of benzene rings is 2. The van der Waals surface area contributed by atoms with E-state index in [4.69, 9.17) is 9.47 Å². The lowest BCUT2D eigenvalue weighted by atomic mass is 10.3. The van der Waals surface area contributed by atoms with Crippen molar-refractivity contribution in [2.45, 2.75) is 19.4 Å². The molecule has 0 aliphatic heterocycles. The van der Waals surface area contributed by atoms with Gasteiger partial charge in [0.1, 0.15) is 11.5 Å². The molecular weight excluding hydrogens is 304 g/mol. The summed E-state index contributed by atoms with van der Waals surface area (Å²) >= 11 is 0. The van der Waals surface area contributed by atoms with Gasteiger partial charge >= 0.3 is 0 Å². The number of imidazole rings is 1. The number of hydrogen-bond acceptors (Lipinski definition) is 4. The van der Waals surface area contributed by atoms with Crippen molar-refractivity contribution < 1.29 is 14.3 Å². The maximum absolute atomic E-state index is 11.2. The molecule has 0 spiro atoms. The topological polar surface area (TPSA) is 53.4 Å². The standard InChI is InChI=1S/C19H20N2O3/c1-23-15-8-10-16(11-9-15)24-13-5-4-12-21-18-7-3-2-6-17(18)20-19(21)14-22/h2-3,6-11,14H,4-5,12-13H2,1H3. The van der Waals surface area contributed by atoms with E-state index in [1.165, 1.54) is 0 Å². The Morgan fingerprint density at radius 3 is 2.54 bits per heavy atom. The molecule has 0 amide bonds. The van der Waals surface area contributed by atoms with Gasteiger partial charge in [-0.05, 0) is 49.2 Å². The number of rotatable bonds is 8. The zero-order valence-corrected chi connectivity index (χ0v) is 13.6. The smallest absolute Gasteiger partial charge is 0.185 e. The van der Waals surface area contributed by atoms with E-state index in [0.717, 1.165) is 48.2 Å². The minimum atomic E-state index is 0.479. The maximum atomic E-state index is 11.2. The highest BCUT2D eigenvalue weighted by atomic mass is 16.5. The van der Waals surface area contributed by atoms with E-state index in [9.17, 15) is 4.79 Å². The molecule has 0 N–H and O–H groups in total. The molecule has 124 valence electrons. The molecule has 5 nitrogen and oxygen atoms in total. The van der Waals surface area contributed by atoms with E-state index in [0.29, 0.717) is 12.4 Å². The number of para-hydroxylation sites is 2. The fourth-order valence-electron chi connectivity index (χ4n) is 2.65. The zero-order valence-electron chi connectivity index (χ0n) is 13.6. The van der Waals surface area contributed by atoms with Gasteiger partial charge in [-0.1, -0.05) is 12.1 Å². The van der Waals surface area contributed by atoms with Crippen LogP contribution < -0.4 is 9.47 Å². The average Bonchev–Trinajstić information content (AvgIpc) is 3.00. The second kappa shape index (κ2) is 7.64. The fraction of sp³-hybridized carbons (Fsp3) is 0.263. The van der Waals surface area contributed by atoms with Crippen molar-refractivity contribution in [2.24, 2.45) is 0 Å². The fourth-order valence-corrected chi connectivity index (χ4v) is 2.65. The van der Waals surface area contributed by atoms with Crippen LogP contribution >= 0.6 is 0 Å². The van der Waals surface area contributed by atoms with Crippen molar-refractivity contribution >= 4 is 17.3 Å². The Morgan fingerprint density at radius 1 is 1.04 bits per heavy atom. The lowest BCUT2D eigenvalue weighted by Gasteiger charge is -2.08. The summed E-state index contributed by atoms with van der Waals surface area (Å²) in [5.41, 5.74) is 1.85. The van der Waals surface area contributed by atoms with E-state index in [-0.39, 0.29) is 0 Å². The molecule has 3 aromatic rings. The molecule has 0 saturated heterocycles. The number of aromatic nitrogens is 2. The van der Waals surface area contributed by atoms with E-state index >= 15 is 0 Å². The molecule has 0 aliphatic rings. The van der Waals surface area contributed by atoms with Gasteiger partial charge in [0.05, 0.1) is 24.8 Å². The van der Waals surface area contributed by atoms with Gasteiger partial charge in [0, 0.05) is 6.54 Å². The Labute approximate surface area is 140 Å². The number of unbranched alkanes of at least 4 members (excludes halogenated alkanes) is 1. The highest BCUT2D eigenvalue weighted by Gasteiger charge is 2.08. The summed E-state index contributed by atoms with van der Waals surface area (Å²) in [6, 6.07) is 15.3. The molecular formula is C19H20N2O3. The van der Waals surface area contributed by atoms with Gasteiger partial charge in [0.25, 0.3) is 0 Å². The third kappa shape index (κ3) is 3.56. The average molecular weight is 324 g/mol. The summed E-state index contributed by atoms with van der Waals surface area (Å²) in [5.74, 6) is 2.13. The van der Waals surface area contributed by atoms with Gasteiger partial charge in [-0.3, -0.25) is 4.79 Å². The predicted octanol–water partition coefficient (Wildman–Crippen LogP) is 3.72. The molecule has 1 aromatic heterocycles. The van der Waals surface area contributed by atoms with Crippen LogP contribution in [0.3, 0.4) is 0 Å². The summed E-state index contributed by atoms with van der Waals surface area (Å²) in [5, 5.41) is 0. The second-order valence-corrected chi connectivity index (χ2v) is 5.46. The van der Waals surface area contributed by atoms with Crippen LogP contribution in [0.1, 0.15) is 23.5 Å². The number of aryl methyl sites for hydroxylation is 1. The van der Waals surface area contributed by atoms with Crippen molar-refractivity contribution in [2.75, 3.05) is 13.7 Å². The highest BCUT2D eigenvalue weighted by molar-refractivity contribution is 5.82. The Balaban J connectivity index is 1.52. The van der Waals surface area contributed by atoms with Gasteiger partial charge in [-0.2, -0.15) is 0 Å². The molecule has 0 fully saturated rings. The van der Waals surface area contributed by atoms with Crippen LogP contribution in [0.2, 0.25) is 0 Å². The van der Waals surface area contributed by atoms with E-state index < -0.39 is 0 Å². The zero-order chi connectivity index (χ0) is 16.8. The Morgan fingerprint density at radius 2 is 1.79 bits per heavy atom. The summed E-state index contributed by atoms with van der Waals surface area (Å²) in [6.07, 6.45) is 2.63. The molecule has 2 aromatic carbocycles. The molecule has 24 heavy (non-hydrogen) atoms. The minimum Gasteiger partial charge on any atom is -0.497 e. The van der Waals surface area contributed by atoms with Crippen LogP contribution in [0.5, 0.6) is 11.5 Å². The Bertz CT molecular complexity index is 809. The number of carbonyl (C=O) groups excluding carboxylic acids is 1. The van der Waals surface area contributed by atoms with Crippen molar-refractivity contribution in [3.05, 3.63) is 54.4 Å². The molecule has 0 saturated carbocycles. The molecule has 0 atom stereocenters. The quantitative estimate of drug-likeness (QED) is 0.468. The first-order valence-electron chi connectivity index (χ1n) is 7.99. The van der Waals surface area contributed by atoms with Crippen LogP contribution in [-0.2, 0) is 6.54 Å². The van der Waals surface area contributed by atoms with E-state index in [2.05, 4.69) is 4.98 Å². The van der Waals surface area contributed by atoms with Gasteiger partial charge in [-0.15, -0.1) is 0 Å². The van der Waals surface area contributed by atoms with Crippen molar-refractivity contribution in [3.8, 4) is 11.5 Å². The maximum Gasteiger partial charge on any atom is 0.185 e. The van der Waals surface area contributed by atoms with Crippen molar-refractivity contribution in [3.63, 3.8) is 0 Å². The van der Waals surface area contributed by atoms with Crippen LogP contribution in [0.25, 0.3) is 11.0 Å². The molecule has 0 unspecified atom stereocenters. The number of carbonyl (C=O) groups is 1. The van der Waals surface area contributed by atoms with Crippen molar-refractivity contribution in [1.29, 1.82) is 0 Å². The number of methoxy groups -OCH3 is 1. The van der Waals surface area contributed by atoms with Gasteiger partial charge < -0.3 is 14.0 Å². The van der Waals surface area contributed by atoms with Gasteiger partial charge in [0.15, 0.2) is 12.1 Å². The number of fused-ring (bicyclic) bond motifs is 1. The summed E-state index contributed by atoms with van der Waals surface area (Å²) < 4.78 is 12.8. The van der Waals surface area contributed by atoms with Crippen LogP contribution in [0.4, 0.5) is 0 Å². The minimum absolute atomic E-state index is 0.479. The summed E-state index contributed by atoms with van der Waals surface area (Å²) in [7, 11) is 1.64. The number of hydrogen-bond donors (Lipinski definition) is 0. The van der Waals surface area contributed by atoms with Crippen molar-refractivity contribution in [1.82, 2.24) is 9.55 Å². The van der Waals surface area contributed by atoms with Gasteiger partial charge in [0.2, 0.25) is 0 Å². The number of aldehydes is 1. The highest BCUT2D eigenvalue weighted by Crippen LogP contribution is 2.18. The van der Waals surface area contributed by atoms with Gasteiger partial charge in [-0.25, -0.2) is 4.98 Å². The second-order valence-electron chi connectivity index (χ2n) is 5.46. The largest absolute Gasteiger partial charge is 0.497 e. The number of nitrogens with zero attached hydrogens (tertiary/aromatic N) is 2. The molecule has 0 aliphatic carbocycles. The van der Waals surface area contributed by atoms with E-state index in [1.54, 1.807) is 7.11 Å². The lowest BCUT2D eigenvalue weighted by molar-refractivity contribution is 0.111.